The van der Waals surface area contributed by atoms with Crippen LogP contribution in [0.4, 0.5) is 0 Å². The fraction of sp³-hybridized carbons (Fsp3) is 0.571. The number of hydrogen-bond donors (Lipinski definition) is 1. The first kappa shape index (κ1) is 15.1. The Morgan fingerprint density at radius 1 is 1.22 bits per heavy atom. The molecule has 0 spiro atoms. The van der Waals surface area contributed by atoms with E-state index in [0.29, 0.717) is 17.3 Å². The molecule has 0 radical (unpaired) electrons. The molecular formula is C14H22ClNO2. The zero-order valence-corrected chi connectivity index (χ0v) is 12.5. The van der Waals surface area contributed by atoms with Crippen molar-refractivity contribution in [3.63, 3.8) is 0 Å². The van der Waals surface area contributed by atoms with Crippen molar-refractivity contribution in [2.45, 2.75) is 39.3 Å². The Balaban J connectivity index is 2.97. The van der Waals surface area contributed by atoms with Crippen LogP contribution in [0.15, 0.2) is 12.1 Å². The summed E-state index contributed by atoms with van der Waals surface area (Å²) in [7, 11) is 3.25. The summed E-state index contributed by atoms with van der Waals surface area (Å²) in [5.41, 5.74) is 1.09. The lowest BCUT2D eigenvalue weighted by molar-refractivity contribution is 0.341. The van der Waals surface area contributed by atoms with Gasteiger partial charge in [-0.05, 0) is 26.3 Å². The largest absolute Gasteiger partial charge is 0.493 e. The summed E-state index contributed by atoms with van der Waals surface area (Å²) >= 11 is 6.08. The molecule has 1 aromatic carbocycles. The highest BCUT2D eigenvalue weighted by atomic mass is 35.5. The van der Waals surface area contributed by atoms with Gasteiger partial charge >= 0.3 is 0 Å². The van der Waals surface area contributed by atoms with Gasteiger partial charge in [-0.25, -0.2) is 0 Å². The second-order valence-corrected chi connectivity index (χ2v) is 5.33. The van der Waals surface area contributed by atoms with Crippen molar-refractivity contribution in [3.05, 3.63) is 22.7 Å². The van der Waals surface area contributed by atoms with E-state index in [4.69, 9.17) is 21.1 Å². The highest BCUT2D eigenvalue weighted by Crippen LogP contribution is 2.34. The summed E-state index contributed by atoms with van der Waals surface area (Å²) in [5, 5.41) is 4.14. The molecule has 0 aliphatic rings. The van der Waals surface area contributed by atoms with Crippen molar-refractivity contribution in [1.82, 2.24) is 5.32 Å². The van der Waals surface area contributed by atoms with Crippen molar-refractivity contribution < 1.29 is 9.47 Å². The third-order valence-electron chi connectivity index (χ3n) is 3.16. The number of halogens is 1. The van der Waals surface area contributed by atoms with Gasteiger partial charge in [0.2, 0.25) is 0 Å². The van der Waals surface area contributed by atoms with Gasteiger partial charge in [-0.2, -0.15) is 0 Å². The van der Waals surface area contributed by atoms with E-state index in [9.17, 15) is 0 Å². The molecule has 0 saturated carbocycles. The summed E-state index contributed by atoms with van der Waals surface area (Å²) in [5.74, 6) is 1.40. The maximum Gasteiger partial charge on any atom is 0.165 e. The van der Waals surface area contributed by atoms with Crippen molar-refractivity contribution in [2.75, 3.05) is 14.2 Å². The molecule has 0 heterocycles. The van der Waals surface area contributed by atoms with E-state index in [2.05, 4.69) is 26.1 Å². The fourth-order valence-corrected chi connectivity index (χ4v) is 1.83. The normalized spacial score (nSPS) is 11.4. The second kappa shape index (κ2) is 6.30. The molecule has 0 amide bonds. The van der Waals surface area contributed by atoms with Gasteiger partial charge in [-0.3, -0.25) is 0 Å². The maximum atomic E-state index is 6.08. The standard InChI is InChI=1S/C14H22ClNO2/c1-6-14(2,3)16-9-10-7-11(15)8-12(17-4)13(10)18-5/h7-8,16H,6,9H2,1-5H3. The minimum atomic E-state index is 0.0839. The smallest absolute Gasteiger partial charge is 0.165 e. The Morgan fingerprint density at radius 2 is 1.89 bits per heavy atom. The van der Waals surface area contributed by atoms with E-state index in [-0.39, 0.29) is 5.54 Å². The Labute approximate surface area is 114 Å². The minimum absolute atomic E-state index is 0.0839. The van der Waals surface area contributed by atoms with Gasteiger partial charge in [-0.1, -0.05) is 18.5 Å². The Morgan fingerprint density at radius 3 is 2.39 bits per heavy atom. The first-order chi connectivity index (χ1) is 8.43. The van der Waals surface area contributed by atoms with Crippen LogP contribution in [0.1, 0.15) is 32.8 Å². The van der Waals surface area contributed by atoms with Gasteiger partial charge in [-0.15, -0.1) is 0 Å². The van der Waals surface area contributed by atoms with Gasteiger partial charge in [0.25, 0.3) is 0 Å². The van der Waals surface area contributed by atoms with Gasteiger partial charge < -0.3 is 14.8 Å². The number of rotatable bonds is 6. The van der Waals surface area contributed by atoms with E-state index < -0.39 is 0 Å². The third kappa shape index (κ3) is 3.79. The molecule has 18 heavy (non-hydrogen) atoms. The lowest BCUT2D eigenvalue weighted by Crippen LogP contribution is -2.37. The second-order valence-electron chi connectivity index (χ2n) is 4.89. The van der Waals surface area contributed by atoms with E-state index in [1.807, 2.05) is 6.07 Å². The molecule has 102 valence electrons. The molecule has 1 rings (SSSR count). The van der Waals surface area contributed by atoms with E-state index in [1.54, 1.807) is 20.3 Å². The first-order valence-electron chi connectivity index (χ1n) is 6.09. The molecule has 0 aromatic heterocycles. The lowest BCUT2D eigenvalue weighted by atomic mass is 10.0. The summed E-state index contributed by atoms with van der Waals surface area (Å²) in [6.45, 7) is 7.19. The molecule has 0 unspecified atom stereocenters. The van der Waals surface area contributed by atoms with Gasteiger partial charge in [0.15, 0.2) is 11.5 Å². The van der Waals surface area contributed by atoms with Gasteiger partial charge in [0.05, 0.1) is 14.2 Å². The van der Waals surface area contributed by atoms with Crippen molar-refractivity contribution in [2.24, 2.45) is 0 Å². The molecule has 0 atom stereocenters. The van der Waals surface area contributed by atoms with Crippen molar-refractivity contribution in [3.8, 4) is 11.5 Å². The predicted octanol–water partition coefficient (Wildman–Crippen LogP) is 3.64. The number of hydrogen-bond acceptors (Lipinski definition) is 3. The molecule has 0 aliphatic carbocycles. The minimum Gasteiger partial charge on any atom is -0.493 e. The molecule has 4 heteroatoms. The van der Waals surface area contributed by atoms with Crippen LogP contribution in [0, 0.1) is 0 Å². The Kier molecular flexibility index (Phi) is 5.29. The van der Waals surface area contributed by atoms with Gasteiger partial charge in [0.1, 0.15) is 0 Å². The van der Waals surface area contributed by atoms with Crippen LogP contribution in [-0.4, -0.2) is 19.8 Å². The van der Waals surface area contributed by atoms with Crippen LogP contribution in [0.2, 0.25) is 5.02 Å². The van der Waals surface area contributed by atoms with Crippen molar-refractivity contribution in [1.29, 1.82) is 0 Å². The van der Waals surface area contributed by atoms with E-state index in [1.165, 1.54) is 0 Å². The molecule has 1 aromatic rings. The highest BCUT2D eigenvalue weighted by Gasteiger charge is 2.17. The van der Waals surface area contributed by atoms with Crippen LogP contribution in [0.25, 0.3) is 0 Å². The number of methoxy groups -OCH3 is 2. The first-order valence-corrected chi connectivity index (χ1v) is 6.46. The van der Waals surface area contributed by atoms with Crippen molar-refractivity contribution >= 4 is 11.6 Å². The zero-order valence-electron chi connectivity index (χ0n) is 11.8. The summed E-state index contributed by atoms with van der Waals surface area (Å²) in [4.78, 5) is 0. The molecule has 0 saturated heterocycles. The Hall–Kier alpha value is -0.930. The zero-order chi connectivity index (χ0) is 13.8. The van der Waals surface area contributed by atoms with Crippen LogP contribution < -0.4 is 14.8 Å². The quantitative estimate of drug-likeness (QED) is 0.857. The average Bonchev–Trinajstić information content (AvgIpc) is 2.35. The monoisotopic (exact) mass is 271 g/mol. The average molecular weight is 272 g/mol. The molecule has 1 N–H and O–H groups in total. The van der Waals surface area contributed by atoms with E-state index >= 15 is 0 Å². The maximum absolute atomic E-state index is 6.08. The summed E-state index contributed by atoms with van der Waals surface area (Å²) in [6.07, 6.45) is 1.05. The number of ether oxygens (including phenoxy) is 2. The highest BCUT2D eigenvalue weighted by molar-refractivity contribution is 6.30. The molecule has 0 fully saturated rings. The number of nitrogens with one attached hydrogen (secondary N) is 1. The molecule has 0 bridgehead atoms. The summed E-state index contributed by atoms with van der Waals surface area (Å²) in [6, 6.07) is 3.66. The Bertz CT molecular complexity index is 405. The van der Waals surface area contributed by atoms with Crippen LogP contribution >= 0.6 is 11.6 Å². The fourth-order valence-electron chi connectivity index (χ4n) is 1.60. The van der Waals surface area contributed by atoms with Crippen LogP contribution in [0.3, 0.4) is 0 Å². The SMILES string of the molecule is CCC(C)(C)NCc1cc(Cl)cc(OC)c1OC. The molecule has 3 nitrogen and oxygen atoms in total. The van der Waals surface area contributed by atoms with Gasteiger partial charge in [0, 0.05) is 28.7 Å². The topological polar surface area (TPSA) is 30.5 Å². The van der Waals surface area contributed by atoms with E-state index in [0.717, 1.165) is 17.7 Å². The molecular weight excluding hydrogens is 250 g/mol. The van der Waals surface area contributed by atoms with Crippen LogP contribution in [-0.2, 0) is 6.54 Å². The number of benzene rings is 1. The summed E-state index contributed by atoms with van der Waals surface area (Å²) < 4.78 is 10.7. The third-order valence-corrected chi connectivity index (χ3v) is 3.38. The predicted molar refractivity (Wildman–Crippen MR) is 75.8 cm³/mol. The van der Waals surface area contributed by atoms with Crippen LogP contribution in [0.5, 0.6) is 11.5 Å². The molecule has 0 aliphatic heterocycles. The lowest BCUT2D eigenvalue weighted by Gasteiger charge is -2.25.